The zero-order valence-corrected chi connectivity index (χ0v) is 14.4. The molecule has 1 saturated heterocycles. The van der Waals surface area contributed by atoms with Crippen molar-refractivity contribution in [2.24, 2.45) is 7.05 Å². The second-order valence-electron chi connectivity index (χ2n) is 6.04. The molecule has 1 fully saturated rings. The molecule has 1 aliphatic heterocycles. The Balaban J connectivity index is 1.61. The summed E-state index contributed by atoms with van der Waals surface area (Å²) in [5.74, 6) is 0.443. The number of nitrogens with zero attached hydrogens (tertiary/aromatic N) is 4. The van der Waals surface area contributed by atoms with E-state index in [-0.39, 0.29) is 17.9 Å². The highest BCUT2D eigenvalue weighted by molar-refractivity contribution is 6.00. The molecule has 1 atom stereocenters. The molecule has 3 heterocycles. The fourth-order valence-corrected chi connectivity index (χ4v) is 2.75. The summed E-state index contributed by atoms with van der Waals surface area (Å²) in [6, 6.07) is 3.10. The SMILES string of the molecule is CCCNC(=O)c1ccc(NC2CCN(c3cnn(C)c3)C2=O)nc1. The second-order valence-corrected chi connectivity index (χ2v) is 6.04. The summed E-state index contributed by atoms with van der Waals surface area (Å²) >= 11 is 0. The standard InChI is InChI=1S/C17H22N6O2/c1-3-7-18-16(24)12-4-5-15(19-9-12)21-14-6-8-23(17(14)25)13-10-20-22(2)11-13/h4-5,9-11,14H,3,6-8H2,1-2H3,(H,18,24)(H,19,21). The van der Waals surface area contributed by atoms with E-state index in [0.717, 1.165) is 12.1 Å². The maximum Gasteiger partial charge on any atom is 0.252 e. The zero-order valence-electron chi connectivity index (χ0n) is 14.4. The Morgan fingerprint density at radius 2 is 2.20 bits per heavy atom. The highest BCUT2D eigenvalue weighted by Crippen LogP contribution is 2.22. The summed E-state index contributed by atoms with van der Waals surface area (Å²) in [5.41, 5.74) is 1.31. The molecule has 25 heavy (non-hydrogen) atoms. The van der Waals surface area contributed by atoms with Crippen LogP contribution in [0.4, 0.5) is 11.5 Å². The van der Waals surface area contributed by atoms with E-state index in [1.54, 1.807) is 27.9 Å². The first-order chi connectivity index (χ1) is 12.1. The molecule has 8 heteroatoms. The van der Waals surface area contributed by atoms with Gasteiger partial charge in [-0.05, 0) is 25.0 Å². The summed E-state index contributed by atoms with van der Waals surface area (Å²) in [6.07, 6.45) is 6.60. The van der Waals surface area contributed by atoms with Gasteiger partial charge in [-0.15, -0.1) is 0 Å². The number of hydrogen-bond donors (Lipinski definition) is 2. The van der Waals surface area contributed by atoms with Gasteiger partial charge in [-0.3, -0.25) is 14.3 Å². The number of pyridine rings is 1. The Labute approximate surface area is 146 Å². The van der Waals surface area contributed by atoms with Crippen LogP contribution < -0.4 is 15.5 Å². The minimum absolute atomic E-state index is 0.000402. The maximum absolute atomic E-state index is 12.5. The van der Waals surface area contributed by atoms with Gasteiger partial charge >= 0.3 is 0 Å². The van der Waals surface area contributed by atoms with Crippen molar-refractivity contribution in [3.63, 3.8) is 0 Å². The Morgan fingerprint density at radius 1 is 1.36 bits per heavy atom. The molecular formula is C17H22N6O2. The van der Waals surface area contributed by atoms with Crippen LogP contribution in [0.5, 0.6) is 0 Å². The van der Waals surface area contributed by atoms with E-state index in [9.17, 15) is 9.59 Å². The average Bonchev–Trinajstić information content (AvgIpc) is 3.19. The number of carbonyl (C=O) groups excluding carboxylic acids is 2. The van der Waals surface area contributed by atoms with Crippen LogP contribution in [0.15, 0.2) is 30.7 Å². The zero-order chi connectivity index (χ0) is 17.8. The molecule has 0 saturated carbocycles. The van der Waals surface area contributed by atoms with Gasteiger partial charge in [0.15, 0.2) is 0 Å². The fourth-order valence-electron chi connectivity index (χ4n) is 2.75. The molecule has 2 N–H and O–H groups in total. The monoisotopic (exact) mass is 342 g/mol. The number of rotatable bonds is 6. The van der Waals surface area contributed by atoms with Gasteiger partial charge in [-0.25, -0.2) is 4.98 Å². The Bertz CT molecular complexity index is 755. The van der Waals surface area contributed by atoms with Gasteiger partial charge in [0.05, 0.1) is 17.4 Å². The highest BCUT2D eigenvalue weighted by Gasteiger charge is 2.33. The molecule has 2 amide bonds. The van der Waals surface area contributed by atoms with Crippen LogP contribution >= 0.6 is 0 Å². The molecule has 1 unspecified atom stereocenters. The Hall–Kier alpha value is -2.90. The molecule has 3 rings (SSSR count). The number of carbonyl (C=O) groups is 2. The average molecular weight is 342 g/mol. The van der Waals surface area contributed by atoms with Crippen molar-refractivity contribution >= 4 is 23.3 Å². The quantitative estimate of drug-likeness (QED) is 0.822. The third kappa shape index (κ3) is 3.78. The molecule has 132 valence electrons. The highest BCUT2D eigenvalue weighted by atomic mass is 16.2. The summed E-state index contributed by atoms with van der Waals surface area (Å²) < 4.78 is 1.67. The van der Waals surface area contributed by atoms with Gasteiger partial charge in [0.2, 0.25) is 5.91 Å². The van der Waals surface area contributed by atoms with E-state index >= 15 is 0 Å². The predicted octanol–water partition coefficient (Wildman–Crippen LogP) is 1.17. The molecule has 1 aliphatic rings. The van der Waals surface area contributed by atoms with E-state index in [1.807, 2.05) is 20.2 Å². The summed E-state index contributed by atoms with van der Waals surface area (Å²) in [4.78, 5) is 30.4. The van der Waals surface area contributed by atoms with Crippen molar-refractivity contribution in [3.05, 3.63) is 36.3 Å². The topological polar surface area (TPSA) is 92.2 Å². The van der Waals surface area contributed by atoms with Crippen molar-refractivity contribution in [2.45, 2.75) is 25.8 Å². The van der Waals surface area contributed by atoms with Gasteiger partial charge in [0, 0.05) is 32.5 Å². The summed E-state index contributed by atoms with van der Waals surface area (Å²) in [5, 5.41) is 10.1. The molecule has 0 aliphatic carbocycles. The normalized spacial score (nSPS) is 17.0. The van der Waals surface area contributed by atoms with Crippen LogP contribution in [0.3, 0.4) is 0 Å². The molecule has 0 radical (unpaired) electrons. The lowest BCUT2D eigenvalue weighted by Crippen LogP contribution is -2.33. The maximum atomic E-state index is 12.5. The van der Waals surface area contributed by atoms with Gasteiger partial charge in [-0.2, -0.15) is 5.10 Å². The van der Waals surface area contributed by atoms with Gasteiger partial charge in [0.25, 0.3) is 5.91 Å². The van der Waals surface area contributed by atoms with Crippen LogP contribution in [0, 0.1) is 0 Å². The Morgan fingerprint density at radius 3 is 2.84 bits per heavy atom. The van der Waals surface area contributed by atoms with Crippen molar-refractivity contribution < 1.29 is 9.59 Å². The number of hydrogen-bond acceptors (Lipinski definition) is 5. The first-order valence-electron chi connectivity index (χ1n) is 8.39. The van der Waals surface area contributed by atoms with Crippen molar-refractivity contribution in [3.8, 4) is 0 Å². The molecular weight excluding hydrogens is 320 g/mol. The third-order valence-electron chi connectivity index (χ3n) is 4.09. The van der Waals surface area contributed by atoms with Gasteiger partial charge in [-0.1, -0.05) is 6.92 Å². The number of anilines is 2. The van der Waals surface area contributed by atoms with E-state index < -0.39 is 0 Å². The van der Waals surface area contributed by atoms with Crippen LogP contribution in [0.2, 0.25) is 0 Å². The molecule has 2 aromatic rings. The molecule has 0 spiro atoms. The van der Waals surface area contributed by atoms with E-state index in [4.69, 9.17) is 0 Å². The third-order valence-corrected chi connectivity index (χ3v) is 4.09. The molecule has 8 nitrogen and oxygen atoms in total. The number of aromatic nitrogens is 3. The van der Waals surface area contributed by atoms with E-state index in [1.165, 1.54) is 6.20 Å². The van der Waals surface area contributed by atoms with Crippen LogP contribution in [0.1, 0.15) is 30.1 Å². The number of amides is 2. The van der Waals surface area contributed by atoms with Gasteiger partial charge < -0.3 is 15.5 Å². The number of nitrogens with one attached hydrogen (secondary N) is 2. The Kier molecular flexibility index (Phi) is 4.97. The minimum atomic E-state index is -0.326. The smallest absolute Gasteiger partial charge is 0.252 e. The van der Waals surface area contributed by atoms with Gasteiger partial charge in [0.1, 0.15) is 11.9 Å². The predicted molar refractivity (Wildman–Crippen MR) is 94.4 cm³/mol. The van der Waals surface area contributed by atoms with Crippen molar-refractivity contribution in [1.82, 2.24) is 20.1 Å². The van der Waals surface area contributed by atoms with E-state index in [2.05, 4.69) is 20.7 Å². The van der Waals surface area contributed by atoms with Crippen molar-refractivity contribution in [2.75, 3.05) is 23.3 Å². The lowest BCUT2D eigenvalue weighted by Gasteiger charge is -2.15. The first kappa shape index (κ1) is 16.9. The summed E-state index contributed by atoms with van der Waals surface area (Å²) in [7, 11) is 1.82. The van der Waals surface area contributed by atoms with E-state index in [0.29, 0.717) is 30.9 Å². The summed E-state index contributed by atoms with van der Waals surface area (Å²) in [6.45, 7) is 3.28. The fraction of sp³-hybridized carbons (Fsp3) is 0.412. The molecule has 0 aromatic carbocycles. The first-order valence-corrected chi connectivity index (χ1v) is 8.39. The lowest BCUT2D eigenvalue weighted by atomic mass is 10.2. The van der Waals surface area contributed by atoms with Crippen molar-refractivity contribution in [1.29, 1.82) is 0 Å². The van der Waals surface area contributed by atoms with Crippen LogP contribution in [-0.4, -0.2) is 45.7 Å². The second kappa shape index (κ2) is 7.33. The minimum Gasteiger partial charge on any atom is -0.358 e. The molecule has 0 bridgehead atoms. The largest absolute Gasteiger partial charge is 0.358 e. The van der Waals surface area contributed by atoms with Crippen LogP contribution in [-0.2, 0) is 11.8 Å². The van der Waals surface area contributed by atoms with Crippen LogP contribution in [0.25, 0.3) is 0 Å². The lowest BCUT2D eigenvalue weighted by molar-refractivity contribution is -0.117. The number of aryl methyl sites for hydroxylation is 1. The molecule has 2 aromatic heterocycles.